The molecule has 4 rings (SSSR count). The highest BCUT2D eigenvalue weighted by atomic mass is 35.5. The number of hydrogen-bond acceptors (Lipinski definition) is 9. The number of benzene rings is 2. The minimum Gasteiger partial charge on any atom is -0.494 e. The molecule has 3 amide bonds. The number of aromatic nitrogens is 2. The smallest absolute Gasteiger partial charge is 0.257 e. The number of halogens is 3. The summed E-state index contributed by atoms with van der Waals surface area (Å²) in [5.74, 6) is -3.31. The third kappa shape index (κ3) is 6.74. The molecule has 1 saturated heterocycles. The molecule has 0 spiro atoms. The van der Waals surface area contributed by atoms with Gasteiger partial charge < -0.3 is 26.0 Å². The minimum atomic E-state index is -1.11. The van der Waals surface area contributed by atoms with Crippen LogP contribution in [0.15, 0.2) is 30.6 Å². The molecule has 3 aromatic rings. The van der Waals surface area contributed by atoms with Gasteiger partial charge in [0.15, 0.2) is 5.82 Å². The highest BCUT2D eigenvalue weighted by Gasteiger charge is 2.42. The van der Waals surface area contributed by atoms with Crippen LogP contribution < -0.4 is 30.9 Å². The number of carbonyl (C=O) groups is 3. The van der Waals surface area contributed by atoms with Gasteiger partial charge in [0.2, 0.25) is 5.91 Å². The topological polar surface area (TPSA) is 138 Å². The number of ether oxygens (including phenoxy) is 1. The maximum absolute atomic E-state index is 14.8. The second kappa shape index (κ2) is 13.4. The van der Waals surface area contributed by atoms with Crippen molar-refractivity contribution >= 4 is 57.4 Å². The van der Waals surface area contributed by atoms with Crippen LogP contribution in [0.25, 0.3) is 10.9 Å². The summed E-state index contributed by atoms with van der Waals surface area (Å²) < 4.78 is 34.3. The summed E-state index contributed by atoms with van der Waals surface area (Å²) in [5, 5.41) is 11.2. The molecule has 1 aliphatic heterocycles. The molecule has 1 fully saturated rings. The predicted octanol–water partition coefficient (Wildman–Crippen LogP) is 4.06. The lowest BCUT2D eigenvalue weighted by Gasteiger charge is -2.36. The molecule has 236 valence electrons. The van der Waals surface area contributed by atoms with Crippen molar-refractivity contribution in [3.05, 3.63) is 47.2 Å². The zero-order valence-corrected chi connectivity index (χ0v) is 26.1. The molecule has 11 nitrogen and oxygen atoms in total. The van der Waals surface area contributed by atoms with Crippen LogP contribution in [0.4, 0.5) is 26.0 Å². The summed E-state index contributed by atoms with van der Waals surface area (Å²) in [6.45, 7) is 7.60. The fraction of sp³-hybridized carbons (Fsp3) is 0.433. The van der Waals surface area contributed by atoms with E-state index in [1.807, 2.05) is 0 Å². The lowest BCUT2D eigenvalue weighted by Crippen LogP contribution is -2.60. The van der Waals surface area contributed by atoms with E-state index in [9.17, 15) is 23.2 Å². The monoisotopic (exact) mass is 631 g/mol. The van der Waals surface area contributed by atoms with Gasteiger partial charge in [0.05, 0.1) is 36.1 Å². The van der Waals surface area contributed by atoms with Gasteiger partial charge in [-0.05, 0) is 57.0 Å². The molecule has 0 unspecified atom stereocenters. The molecule has 0 saturated carbocycles. The summed E-state index contributed by atoms with van der Waals surface area (Å²) in [5.41, 5.74) is -0.535. The molecule has 0 radical (unpaired) electrons. The van der Waals surface area contributed by atoms with Gasteiger partial charge in [0.25, 0.3) is 11.8 Å². The molecule has 3 atom stereocenters. The van der Waals surface area contributed by atoms with E-state index in [1.165, 1.54) is 31.6 Å². The first-order chi connectivity index (χ1) is 20.8. The van der Waals surface area contributed by atoms with Crippen molar-refractivity contribution in [1.29, 1.82) is 0 Å². The van der Waals surface area contributed by atoms with Gasteiger partial charge in [-0.3, -0.25) is 14.4 Å². The highest BCUT2D eigenvalue weighted by molar-refractivity contribution is 6.31. The van der Waals surface area contributed by atoms with Gasteiger partial charge in [0, 0.05) is 11.5 Å². The maximum Gasteiger partial charge on any atom is 0.257 e. The molecule has 4 N–H and O–H groups in total. The van der Waals surface area contributed by atoms with Crippen LogP contribution in [0, 0.1) is 17.0 Å². The van der Waals surface area contributed by atoms with Crippen molar-refractivity contribution in [1.82, 2.24) is 25.9 Å². The molecule has 1 aliphatic rings. The Hall–Kier alpha value is -3.94. The number of imide groups is 1. The van der Waals surface area contributed by atoms with Crippen LogP contribution in [-0.4, -0.2) is 66.5 Å². The Morgan fingerprint density at radius 3 is 2.52 bits per heavy atom. The lowest BCUT2D eigenvalue weighted by molar-refractivity contribution is -0.134. The summed E-state index contributed by atoms with van der Waals surface area (Å²) >= 11 is 5.78. The summed E-state index contributed by atoms with van der Waals surface area (Å²) in [6.07, 6.45) is 2.47. The van der Waals surface area contributed by atoms with Crippen molar-refractivity contribution < 1.29 is 27.9 Å². The normalized spacial score (nSPS) is 16.3. The third-order valence-corrected chi connectivity index (χ3v) is 7.84. The van der Waals surface area contributed by atoms with Crippen LogP contribution in [0.5, 0.6) is 5.75 Å². The molecular formula is C30H36ClF2N7O4. The molecule has 2 heterocycles. The van der Waals surface area contributed by atoms with Crippen molar-refractivity contribution in [2.24, 2.45) is 5.41 Å². The Morgan fingerprint density at radius 2 is 1.91 bits per heavy atom. The second-order valence-electron chi connectivity index (χ2n) is 11.6. The third-order valence-electron chi connectivity index (χ3n) is 7.49. The number of fused-ring (bicyclic) bond motifs is 1. The fourth-order valence-electron chi connectivity index (χ4n) is 4.83. The van der Waals surface area contributed by atoms with E-state index in [0.717, 1.165) is 17.4 Å². The quantitative estimate of drug-likeness (QED) is 0.258. The van der Waals surface area contributed by atoms with Crippen LogP contribution >= 0.6 is 11.6 Å². The average Bonchev–Trinajstić information content (AvgIpc) is 3.54. The molecule has 1 aromatic heterocycles. The zero-order chi connectivity index (χ0) is 32.3. The van der Waals surface area contributed by atoms with Gasteiger partial charge in [-0.25, -0.2) is 23.6 Å². The Bertz CT molecular complexity index is 1580. The highest BCUT2D eigenvalue weighted by Crippen LogP contribution is 2.38. The van der Waals surface area contributed by atoms with Crippen LogP contribution in [-0.2, 0) is 14.4 Å². The largest absolute Gasteiger partial charge is 0.494 e. The van der Waals surface area contributed by atoms with E-state index < -0.39 is 57.9 Å². The Kier molecular flexibility index (Phi) is 10.0. The standard InChI is InChI=1S/C30H36ClF2N7O4/c1-15(34-5)27(41)39-25(30(2,3)4)29(43)40(28(42)19-8-7-11-35-19)21-12-16-20(13-22(21)44-6)36-14-37-26(16)38-18-10-9-17(32)23(31)24(18)33/h9-10,12-15,19,25,34-35H,7-8,11H2,1-6H3,(H,39,41)(H,36,37,38)/t15-,19-,25+/m0/s1. The lowest BCUT2D eigenvalue weighted by atomic mass is 9.85. The number of rotatable bonds is 9. The number of methoxy groups -OCH3 is 1. The number of nitrogens with zero attached hydrogens (tertiary/aromatic N) is 3. The predicted molar refractivity (Wildman–Crippen MR) is 164 cm³/mol. The van der Waals surface area contributed by atoms with E-state index in [2.05, 4.69) is 31.2 Å². The zero-order valence-electron chi connectivity index (χ0n) is 25.3. The van der Waals surface area contributed by atoms with Crippen LogP contribution in [0.1, 0.15) is 40.5 Å². The summed E-state index contributed by atoms with van der Waals surface area (Å²) in [7, 11) is 3.01. The molecule has 0 aliphatic carbocycles. The molecule has 2 aromatic carbocycles. The van der Waals surface area contributed by atoms with E-state index in [-0.39, 0.29) is 22.9 Å². The first-order valence-electron chi connectivity index (χ1n) is 14.1. The summed E-state index contributed by atoms with van der Waals surface area (Å²) in [6, 6.07) is 2.81. The Labute approximate surface area is 259 Å². The molecule has 44 heavy (non-hydrogen) atoms. The molecular weight excluding hydrogens is 596 g/mol. The van der Waals surface area contributed by atoms with Gasteiger partial charge in [-0.1, -0.05) is 32.4 Å². The molecule has 0 bridgehead atoms. The number of carbonyl (C=O) groups excluding carboxylic acids is 3. The number of hydrogen-bond donors (Lipinski definition) is 4. The van der Waals surface area contributed by atoms with E-state index >= 15 is 0 Å². The van der Waals surface area contributed by atoms with Crippen LogP contribution in [0.3, 0.4) is 0 Å². The fourth-order valence-corrected chi connectivity index (χ4v) is 5.00. The SMILES string of the molecule is CN[C@@H](C)C(=O)N[C@H](C(=O)N(C(=O)[C@@H]1CCCN1)c1cc2c(Nc3ccc(F)c(Cl)c3F)ncnc2cc1OC)C(C)(C)C. The van der Waals surface area contributed by atoms with Crippen molar-refractivity contribution in [2.75, 3.05) is 30.9 Å². The van der Waals surface area contributed by atoms with E-state index in [4.69, 9.17) is 16.3 Å². The number of likely N-dealkylation sites (N-methyl/N-ethyl adjacent to an activating group) is 1. The summed E-state index contributed by atoms with van der Waals surface area (Å²) in [4.78, 5) is 51.1. The second-order valence-corrected chi connectivity index (χ2v) is 12.0. The van der Waals surface area contributed by atoms with Gasteiger partial charge >= 0.3 is 0 Å². The van der Waals surface area contributed by atoms with E-state index in [1.54, 1.807) is 34.7 Å². The minimum absolute atomic E-state index is 0.0734. The Morgan fingerprint density at radius 1 is 1.18 bits per heavy atom. The van der Waals surface area contributed by atoms with Gasteiger partial charge in [-0.2, -0.15) is 0 Å². The van der Waals surface area contributed by atoms with E-state index in [0.29, 0.717) is 23.9 Å². The van der Waals surface area contributed by atoms with Gasteiger partial charge in [-0.15, -0.1) is 0 Å². The van der Waals surface area contributed by atoms with Gasteiger partial charge in [0.1, 0.15) is 34.8 Å². The molecule has 14 heteroatoms. The van der Waals surface area contributed by atoms with Crippen molar-refractivity contribution in [2.45, 2.75) is 58.7 Å². The van der Waals surface area contributed by atoms with Crippen molar-refractivity contribution in [3.63, 3.8) is 0 Å². The first kappa shape index (κ1) is 33.0. The number of anilines is 3. The van der Waals surface area contributed by atoms with Crippen LogP contribution in [0.2, 0.25) is 5.02 Å². The van der Waals surface area contributed by atoms with Crippen molar-refractivity contribution in [3.8, 4) is 5.75 Å². The average molecular weight is 632 g/mol. The number of nitrogens with one attached hydrogen (secondary N) is 4. The number of amides is 3. The maximum atomic E-state index is 14.8. The first-order valence-corrected chi connectivity index (χ1v) is 14.5. The Balaban J connectivity index is 1.89.